The first-order chi connectivity index (χ1) is 9.24. The lowest BCUT2D eigenvalue weighted by Crippen LogP contribution is -2.36. The van der Waals surface area contributed by atoms with Crippen LogP contribution in [0.3, 0.4) is 0 Å². The zero-order valence-electron chi connectivity index (χ0n) is 12.7. The van der Waals surface area contributed by atoms with Gasteiger partial charge in [-0.05, 0) is 61.9 Å². The van der Waals surface area contributed by atoms with Crippen LogP contribution >= 0.6 is 0 Å². The molecule has 19 heavy (non-hydrogen) atoms. The van der Waals surface area contributed by atoms with E-state index in [0.29, 0.717) is 0 Å². The van der Waals surface area contributed by atoms with E-state index in [9.17, 15) is 0 Å². The van der Waals surface area contributed by atoms with Crippen molar-refractivity contribution in [3.8, 4) is 0 Å². The second-order valence-electron chi connectivity index (χ2n) is 6.80. The Bertz CT molecular complexity index is 404. The molecule has 1 heteroatoms. The Kier molecular flexibility index (Phi) is 3.73. The first kappa shape index (κ1) is 13.3. The topological polar surface area (TPSA) is 9.23 Å². The highest BCUT2D eigenvalue weighted by molar-refractivity contribution is 5.31. The van der Waals surface area contributed by atoms with Crippen LogP contribution in [-0.2, 0) is 4.74 Å². The van der Waals surface area contributed by atoms with Gasteiger partial charge in [0, 0.05) is 6.42 Å². The van der Waals surface area contributed by atoms with Gasteiger partial charge in [-0.3, -0.25) is 0 Å². The number of fused-ring (bicyclic) bond motifs is 2. The molecule has 0 radical (unpaired) electrons. The largest absolute Gasteiger partial charge is 0.501 e. The summed E-state index contributed by atoms with van der Waals surface area (Å²) in [5.41, 5.74) is 3.53. The fourth-order valence-corrected chi connectivity index (χ4v) is 4.98. The van der Waals surface area contributed by atoms with Gasteiger partial charge < -0.3 is 4.74 Å². The zero-order valence-corrected chi connectivity index (χ0v) is 12.7. The van der Waals surface area contributed by atoms with Gasteiger partial charge in [0.2, 0.25) is 0 Å². The van der Waals surface area contributed by atoms with Crippen LogP contribution in [0, 0.1) is 23.7 Å². The Labute approximate surface area is 118 Å². The summed E-state index contributed by atoms with van der Waals surface area (Å²) in [6.07, 6.45) is 11.6. The lowest BCUT2D eigenvalue weighted by atomic mass is 9.59. The van der Waals surface area contributed by atoms with Gasteiger partial charge in [0.25, 0.3) is 0 Å². The Morgan fingerprint density at radius 1 is 1.26 bits per heavy atom. The molecule has 1 nitrogen and oxygen atoms in total. The summed E-state index contributed by atoms with van der Waals surface area (Å²) in [5, 5.41) is 0. The number of methoxy groups -OCH3 is 1. The zero-order chi connectivity index (χ0) is 13.4. The second-order valence-corrected chi connectivity index (χ2v) is 6.80. The molecule has 4 unspecified atom stereocenters. The van der Waals surface area contributed by atoms with E-state index in [1.807, 2.05) is 7.11 Å². The quantitative estimate of drug-likeness (QED) is 0.628. The summed E-state index contributed by atoms with van der Waals surface area (Å²) >= 11 is 0. The van der Waals surface area contributed by atoms with Crippen molar-refractivity contribution in [1.82, 2.24) is 0 Å². The monoisotopic (exact) mass is 260 g/mol. The third-order valence-electron chi connectivity index (χ3n) is 6.19. The van der Waals surface area contributed by atoms with Crippen molar-refractivity contribution >= 4 is 0 Å². The highest BCUT2D eigenvalue weighted by Gasteiger charge is 2.40. The normalized spacial score (nSPS) is 38.4. The lowest BCUT2D eigenvalue weighted by Gasteiger charge is -2.47. The van der Waals surface area contributed by atoms with Gasteiger partial charge in [0.05, 0.1) is 12.9 Å². The molecule has 0 aromatic carbocycles. The van der Waals surface area contributed by atoms with Gasteiger partial charge in [-0.25, -0.2) is 0 Å². The van der Waals surface area contributed by atoms with Gasteiger partial charge in [-0.1, -0.05) is 31.4 Å². The summed E-state index contributed by atoms with van der Waals surface area (Å²) < 4.78 is 5.46. The van der Waals surface area contributed by atoms with Crippen molar-refractivity contribution in [3.05, 3.63) is 23.0 Å². The molecule has 0 heterocycles. The van der Waals surface area contributed by atoms with E-state index in [1.165, 1.54) is 44.3 Å². The van der Waals surface area contributed by atoms with Crippen molar-refractivity contribution in [3.63, 3.8) is 0 Å². The molecule has 3 rings (SSSR count). The predicted molar refractivity (Wildman–Crippen MR) is 79.7 cm³/mol. The minimum Gasteiger partial charge on any atom is -0.501 e. The summed E-state index contributed by atoms with van der Waals surface area (Å²) in [6.45, 7) is 4.90. The number of ether oxygens (including phenoxy) is 1. The van der Waals surface area contributed by atoms with Gasteiger partial charge in [0.15, 0.2) is 0 Å². The Morgan fingerprint density at radius 2 is 2.11 bits per heavy atom. The average Bonchev–Trinajstić information content (AvgIpc) is 2.46. The number of hydrogen-bond donors (Lipinski definition) is 0. The molecule has 0 aliphatic heterocycles. The first-order valence-electron chi connectivity index (χ1n) is 8.18. The molecule has 0 amide bonds. The summed E-state index contributed by atoms with van der Waals surface area (Å²) in [4.78, 5) is 0. The smallest absolute Gasteiger partial charge is 0.0959 e. The summed E-state index contributed by atoms with van der Waals surface area (Å²) in [6, 6.07) is 0. The number of allylic oxidation sites excluding steroid dienone is 3. The van der Waals surface area contributed by atoms with Crippen LogP contribution in [0.15, 0.2) is 23.0 Å². The van der Waals surface area contributed by atoms with Gasteiger partial charge in [-0.2, -0.15) is 0 Å². The maximum absolute atomic E-state index is 5.46. The van der Waals surface area contributed by atoms with Crippen molar-refractivity contribution in [2.75, 3.05) is 7.11 Å². The highest BCUT2D eigenvalue weighted by Crippen LogP contribution is 2.51. The fraction of sp³-hybridized carbons (Fsp3) is 0.778. The van der Waals surface area contributed by atoms with E-state index in [1.54, 1.807) is 11.1 Å². The van der Waals surface area contributed by atoms with Crippen LogP contribution in [0.4, 0.5) is 0 Å². The minimum absolute atomic E-state index is 0.899. The molecule has 0 bridgehead atoms. The Hall–Kier alpha value is -0.720. The van der Waals surface area contributed by atoms with Crippen LogP contribution in [0.2, 0.25) is 0 Å². The standard InChI is InChI=1S/C18H28O/c1-4-13-5-9-18-16(12(13)2)8-6-14-11-15(19-3)7-10-17(14)18/h7,12-13,16,18H,4-6,8-11H2,1-3H3. The Balaban J connectivity index is 1.79. The maximum atomic E-state index is 5.46. The number of rotatable bonds is 2. The van der Waals surface area contributed by atoms with E-state index in [2.05, 4.69) is 19.9 Å². The molecule has 1 fully saturated rings. The van der Waals surface area contributed by atoms with Crippen LogP contribution in [0.25, 0.3) is 0 Å². The average molecular weight is 260 g/mol. The molecular formula is C18H28O. The van der Waals surface area contributed by atoms with Crippen molar-refractivity contribution in [1.29, 1.82) is 0 Å². The number of hydrogen-bond acceptors (Lipinski definition) is 1. The van der Waals surface area contributed by atoms with Crippen LogP contribution in [-0.4, -0.2) is 7.11 Å². The van der Waals surface area contributed by atoms with Gasteiger partial charge in [0.1, 0.15) is 0 Å². The minimum atomic E-state index is 0.899. The SMILES string of the molecule is CCC1CCC2C3=C(CCC2C1C)CC(OC)=CC3. The van der Waals surface area contributed by atoms with E-state index >= 15 is 0 Å². The Morgan fingerprint density at radius 3 is 2.84 bits per heavy atom. The maximum Gasteiger partial charge on any atom is 0.0959 e. The molecule has 0 saturated heterocycles. The molecule has 3 aliphatic carbocycles. The van der Waals surface area contributed by atoms with Crippen molar-refractivity contribution in [2.45, 2.75) is 58.8 Å². The summed E-state index contributed by atoms with van der Waals surface area (Å²) in [5.74, 6) is 4.99. The van der Waals surface area contributed by atoms with E-state index in [4.69, 9.17) is 4.74 Å². The van der Waals surface area contributed by atoms with Crippen molar-refractivity contribution < 1.29 is 4.74 Å². The predicted octanol–water partition coefficient (Wildman–Crippen LogP) is 5.09. The molecule has 4 atom stereocenters. The lowest BCUT2D eigenvalue weighted by molar-refractivity contribution is 0.0996. The van der Waals surface area contributed by atoms with Gasteiger partial charge >= 0.3 is 0 Å². The van der Waals surface area contributed by atoms with E-state index < -0.39 is 0 Å². The van der Waals surface area contributed by atoms with E-state index in [0.717, 1.165) is 30.1 Å². The van der Waals surface area contributed by atoms with Crippen LogP contribution < -0.4 is 0 Å². The van der Waals surface area contributed by atoms with E-state index in [-0.39, 0.29) is 0 Å². The molecule has 106 valence electrons. The molecule has 0 aromatic heterocycles. The van der Waals surface area contributed by atoms with Crippen LogP contribution in [0.5, 0.6) is 0 Å². The van der Waals surface area contributed by atoms with Crippen LogP contribution in [0.1, 0.15) is 58.8 Å². The summed E-state index contributed by atoms with van der Waals surface area (Å²) in [7, 11) is 1.82. The van der Waals surface area contributed by atoms with Crippen molar-refractivity contribution in [2.24, 2.45) is 23.7 Å². The molecule has 0 spiro atoms. The van der Waals surface area contributed by atoms with Gasteiger partial charge in [-0.15, -0.1) is 0 Å². The third kappa shape index (κ3) is 2.26. The second kappa shape index (κ2) is 5.34. The first-order valence-corrected chi connectivity index (χ1v) is 8.18. The third-order valence-corrected chi connectivity index (χ3v) is 6.19. The molecule has 1 saturated carbocycles. The molecule has 3 aliphatic rings. The molecule has 0 N–H and O–H groups in total. The molecule has 0 aromatic rings. The molecular weight excluding hydrogens is 232 g/mol. The highest BCUT2D eigenvalue weighted by atomic mass is 16.5. The fourth-order valence-electron chi connectivity index (χ4n) is 4.98.